The molecule has 4 aliphatic rings. The molecule has 4 heterocycles. The summed E-state index contributed by atoms with van der Waals surface area (Å²) in [6, 6.07) is 3.47. The zero-order chi connectivity index (χ0) is 13.4. The maximum Gasteiger partial charge on any atom is 0.0252 e. The highest BCUT2D eigenvalue weighted by molar-refractivity contribution is 4.97. The van der Waals surface area contributed by atoms with Crippen LogP contribution >= 0.6 is 0 Å². The second kappa shape index (κ2) is 5.94. The van der Waals surface area contributed by atoms with Gasteiger partial charge in [0.1, 0.15) is 0 Å². The standard InChI is InChI=1S/C17H31N3/c1-2-11-20(17(7-1)16-6-3-9-18-16)15-8-12-19-10-4-5-14(19)13-15/h14-18H,1-13H2. The van der Waals surface area contributed by atoms with Gasteiger partial charge < -0.3 is 10.2 Å². The number of fused-ring (bicyclic) bond motifs is 1. The molecule has 0 aromatic heterocycles. The molecule has 4 atom stereocenters. The van der Waals surface area contributed by atoms with Crippen molar-refractivity contribution in [1.29, 1.82) is 0 Å². The van der Waals surface area contributed by atoms with Crippen LogP contribution < -0.4 is 5.32 Å². The van der Waals surface area contributed by atoms with Crippen molar-refractivity contribution in [2.24, 2.45) is 0 Å². The molecule has 0 saturated carbocycles. The molecule has 4 unspecified atom stereocenters. The van der Waals surface area contributed by atoms with Gasteiger partial charge in [-0.05, 0) is 77.5 Å². The number of nitrogens with one attached hydrogen (secondary N) is 1. The minimum atomic E-state index is 0.803. The molecular formula is C17H31N3. The van der Waals surface area contributed by atoms with Crippen molar-refractivity contribution in [2.75, 3.05) is 26.2 Å². The average molecular weight is 277 g/mol. The highest BCUT2D eigenvalue weighted by Gasteiger charge is 2.39. The Morgan fingerprint density at radius 1 is 0.750 bits per heavy atom. The summed E-state index contributed by atoms with van der Waals surface area (Å²) in [7, 11) is 0. The van der Waals surface area contributed by atoms with Crippen LogP contribution in [0.3, 0.4) is 0 Å². The van der Waals surface area contributed by atoms with E-state index in [9.17, 15) is 0 Å². The molecular weight excluding hydrogens is 246 g/mol. The smallest absolute Gasteiger partial charge is 0.0252 e. The molecule has 0 aliphatic carbocycles. The van der Waals surface area contributed by atoms with E-state index < -0.39 is 0 Å². The van der Waals surface area contributed by atoms with Crippen LogP contribution in [0.5, 0.6) is 0 Å². The van der Waals surface area contributed by atoms with E-state index in [1.165, 1.54) is 84.0 Å². The first kappa shape index (κ1) is 13.5. The Kier molecular flexibility index (Phi) is 4.02. The highest BCUT2D eigenvalue weighted by atomic mass is 15.3. The van der Waals surface area contributed by atoms with E-state index in [4.69, 9.17) is 0 Å². The third-order valence-electron chi connectivity index (χ3n) is 6.42. The van der Waals surface area contributed by atoms with Crippen LogP contribution in [-0.4, -0.2) is 60.1 Å². The molecule has 4 aliphatic heterocycles. The van der Waals surface area contributed by atoms with Crippen molar-refractivity contribution in [3.8, 4) is 0 Å². The number of piperidine rings is 2. The summed E-state index contributed by atoms with van der Waals surface area (Å²) in [5, 5.41) is 3.79. The maximum atomic E-state index is 3.79. The van der Waals surface area contributed by atoms with Gasteiger partial charge in [-0.3, -0.25) is 4.90 Å². The third kappa shape index (κ3) is 2.53. The summed E-state index contributed by atoms with van der Waals surface area (Å²) >= 11 is 0. The fourth-order valence-corrected chi connectivity index (χ4v) is 5.41. The molecule has 0 aromatic carbocycles. The molecule has 114 valence electrons. The lowest BCUT2D eigenvalue weighted by molar-refractivity contribution is 0.0254. The summed E-state index contributed by atoms with van der Waals surface area (Å²) < 4.78 is 0. The predicted octanol–water partition coefficient (Wildman–Crippen LogP) is 2.22. The molecule has 0 spiro atoms. The van der Waals surface area contributed by atoms with Gasteiger partial charge in [0.2, 0.25) is 0 Å². The van der Waals surface area contributed by atoms with Crippen molar-refractivity contribution in [3.63, 3.8) is 0 Å². The van der Waals surface area contributed by atoms with Crippen molar-refractivity contribution in [2.45, 2.75) is 82.0 Å². The summed E-state index contributed by atoms with van der Waals surface area (Å²) in [6.45, 7) is 5.39. The molecule has 0 bridgehead atoms. The molecule has 0 radical (unpaired) electrons. The van der Waals surface area contributed by atoms with E-state index in [0.29, 0.717) is 0 Å². The lowest BCUT2D eigenvalue weighted by atomic mass is 9.88. The Balaban J connectivity index is 1.44. The van der Waals surface area contributed by atoms with Crippen molar-refractivity contribution < 1.29 is 0 Å². The van der Waals surface area contributed by atoms with E-state index in [2.05, 4.69) is 15.1 Å². The number of nitrogens with zero attached hydrogens (tertiary/aromatic N) is 2. The Morgan fingerprint density at radius 3 is 2.65 bits per heavy atom. The third-order valence-corrected chi connectivity index (χ3v) is 6.42. The first-order valence-corrected chi connectivity index (χ1v) is 9.15. The van der Waals surface area contributed by atoms with Crippen molar-refractivity contribution in [3.05, 3.63) is 0 Å². The minimum absolute atomic E-state index is 0.803. The molecule has 4 fully saturated rings. The number of hydrogen-bond acceptors (Lipinski definition) is 3. The predicted molar refractivity (Wildman–Crippen MR) is 83.0 cm³/mol. The summed E-state index contributed by atoms with van der Waals surface area (Å²) in [6.07, 6.45) is 13.0. The lowest BCUT2D eigenvalue weighted by Crippen LogP contribution is -2.57. The van der Waals surface area contributed by atoms with Crippen LogP contribution in [0.2, 0.25) is 0 Å². The van der Waals surface area contributed by atoms with E-state index >= 15 is 0 Å². The Morgan fingerprint density at radius 2 is 1.75 bits per heavy atom. The molecule has 0 amide bonds. The van der Waals surface area contributed by atoms with Crippen molar-refractivity contribution >= 4 is 0 Å². The van der Waals surface area contributed by atoms with Gasteiger partial charge >= 0.3 is 0 Å². The van der Waals surface area contributed by atoms with Gasteiger partial charge in [0.15, 0.2) is 0 Å². The van der Waals surface area contributed by atoms with Crippen LogP contribution in [0.25, 0.3) is 0 Å². The normalized spacial score (nSPS) is 43.8. The zero-order valence-electron chi connectivity index (χ0n) is 12.9. The zero-order valence-corrected chi connectivity index (χ0v) is 12.9. The molecule has 4 saturated heterocycles. The van der Waals surface area contributed by atoms with Crippen LogP contribution in [-0.2, 0) is 0 Å². The van der Waals surface area contributed by atoms with Crippen molar-refractivity contribution in [1.82, 2.24) is 15.1 Å². The number of likely N-dealkylation sites (tertiary alicyclic amines) is 1. The van der Waals surface area contributed by atoms with Gasteiger partial charge in [0, 0.05) is 24.2 Å². The van der Waals surface area contributed by atoms with Crippen LogP contribution in [0.15, 0.2) is 0 Å². The second-order valence-electron chi connectivity index (χ2n) is 7.51. The second-order valence-corrected chi connectivity index (χ2v) is 7.51. The molecule has 4 rings (SSSR count). The van der Waals surface area contributed by atoms with Gasteiger partial charge in [-0.2, -0.15) is 0 Å². The average Bonchev–Trinajstić information content (AvgIpc) is 3.18. The fourth-order valence-electron chi connectivity index (χ4n) is 5.41. The van der Waals surface area contributed by atoms with Gasteiger partial charge in [-0.15, -0.1) is 0 Å². The van der Waals surface area contributed by atoms with Crippen LogP contribution in [0.4, 0.5) is 0 Å². The Labute approximate surface area is 124 Å². The number of hydrogen-bond donors (Lipinski definition) is 1. The minimum Gasteiger partial charge on any atom is -0.312 e. The number of rotatable bonds is 2. The molecule has 20 heavy (non-hydrogen) atoms. The summed E-state index contributed by atoms with van der Waals surface area (Å²) in [5.41, 5.74) is 0. The topological polar surface area (TPSA) is 18.5 Å². The largest absolute Gasteiger partial charge is 0.312 e. The van der Waals surface area contributed by atoms with E-state index in [1.807, 2.05) is 0 Å². The van der Waals surface area contributed by atoms with Gasteiger partial charge in [0.05, 0.1) is 0 Å². The SMILES string of the molecule is C1CNC(C2CCCCN2C2CCN3CCCC3C2)C1. The Hall–Kier alpha value is -0.120. The molecule has 3 nitrogen and oxygen atoms in total. The van der Waals surface area contributed by atoms with Crippen LogP contribution in [0.1, 0.15) is 57.8 Å². The quantitative estimate of drug-likeness (QED) is 0.835. The molecule has 3 heteroatoms. The van der Waals surface area contributed by atoms with E-state index in [-0.39, 0.29) is 0 Å². The first-order chi connectivity index (χ1) is 9.92. The monoisotopic (exact) mass is 277 g/mol. The van der Waals surface area contributed by atoms with E-state index in [1.54, 1.807) is 0 Å². The summed E-state index contributed by atoms with van der Waals surface area (Å²) in [5.74, 6) is 0. The maximum absolute atomic E-state index is 3.79. The molecule has 1 N–H and O–H groups in total. The van der Waals surface area contributed by atoms with Crippen LogP contribution in [0, 0.1) is 0 Å². The lowest BCUT2D eigenvalue weighted by Gasteiger charge is -2.47. The summed E-state index contributed by atoms with van der Waals surface area (Å²) in [4.78, 5) is 5.71. The molecule has 0 aromatic rings. The fraction of sp³-hybridized carbons (Fsp3) is 1.00. The Bertz CT molecular complexity index is 326. The van der Waals surface area contributed by atoms with Gasteiger partial charge in [0.25, 0.3) is 0 Å². The van der Waals surface area contributed by atoms with Gasteiger partial charge in [-0.1, -0.05) is 6.42 Å². The first-order valence-electron chi connectivity index (χ1n) is 9.15. The van der Waals surface area contributed by atoms with Gasteiger partial charge in [-0.25, -0.2) is 0 Å². The highest BCUT2D eigenvalue weighted by Crippen LogP contribution is 2.34. The van der Waals surface area contributed by atoms with E-state index in [0.717, 1.165) is 24.2 Å².